The molecule has 0 unspecified atom stereocenters. The van der Waals surface area contributed by atoms with Crippen LogP contribution in [0.1, 0.15) is 25.7 Å². The largest absolute Gasteiger partial charge is 0.322 e. The molecule has 3 heteroatoms. The molecule has 3 rings (SSSR count). The van der Waals surface area contributed by atoms with Crippen molar-refractivity contribution >= 4 is 11.7 Å². The van der Waals surface area contributed by atoms with Gasteiger partial charge in [0.2, 0.25) is 0 Å². The molecule has 0 spiro atoms. The number of nitrogens with zero attached hydrogens (tertiary/aromatic N) is 1. The van der Waals surface area contributed by atoms with Crippen molar-refractivity contribution in [1.82, 2.24) is 4.90 Å². The van der Waals surface area contributed by atoms with Gasteiger partial charge in [0.05, 0.1) is 0 Å². The first kappa shape index (κ1) is 9.70. The van der Waals surface area contributed by atoms with E-state index in [1.807, 2.05) is 35.2 Å². The number of carbonyl (C=O) groups excluding carboxylic acids is 1. The summed E-state index contributed by atoms with van der Waals surface area (Å²) in [6.45, 7) is 0. The van der Waals surface area contributed by atoms with Crippen molar-refractivity contribution in [3.63, 3.8) is 0 Å². The summed E-state index contributed by atoms with van der Waals surface area (Å²) in [6, 6.07) is 10.8. The zero-order chi connectivity index (χ0) is 11.0. The van der Waals surface area contributed by atoms with Crippen molar-refractivity contribution in [3.8, 4) is 0 Å². The number of para-hydroxylation sites is 1. The molecule has 2 bridgehead atoms. The van der Waals surface area contributed by atoms with Crippen LogP contribution < -0.4 is 5.32 Å². The maximum atomic E-state index is 12.1. The molecule has 1 aromatic rings. The summed E-state index contributed by atoms with van der Waals surface area (Å²) in [5.74, 6) is 0. The number of fused-ring (bicyclic) bond motifs is 2. The molecule has 2 heterocycles. The first-order valence-corrected chi connectivity index (χ1v) is 5.99. The summed E-state index contributed by atoms with van der Waals surface area (Å²) in [6.07, 6.45) is 4.75. The fourth-order valence-corrected chi connectivity index (χ4v) is 2.95. The lowest BCUT2D eigenvalue weighted by atomic mass is 10.0. The molecule has 0 aromatic heterocycles. The van der Waals surface area contributed by atoms with Gasteiger partial charge in [0.25, 0.3) is 0 Å². The molecule has 1 N–H and O–H groups in total. The van der Waals surface area contributed by atoms with E-state index in [9.17, 15) is 4.79 Å². The second kappa shape index (κ2) is 3.81. The molecule has 0 atom stereocenters. The van der Waals surface area contributed by atoms with Crippen LogP contribution in [0.5, 0.6) is 0 Å². The van der Waals surface area contributed by atoms with Crippen LogP contribution in [0.15, 0.2) is 30.3 Å². The van der Waals surface area contributed by atoms with Crippen molar-refractivity contribution < 1.29 is 4.79 Å². The van der Waals surface area contributed by atoms with E-state index in [0.717, 1.165) is 5.69 Å². The lowest BCUT2D eigenvalue weighted by molar-refractivity contribution is 0.206. The molecule has 2 saturated heterocycles. The molecule has 2 fully saturated rings. The van der Waals surface area contributed by atoms with E-state index in [0.29, 0.717) is 12.1 Å². The first-order valence-electron chi connectivity index (χ1n) is 5.99. The SMILES string of the molecule is O=C(Nc1ccccc1)N1C2CCC1CC2. The number of benzene rings is 1. The van der Waals surface area contributed by atoms with Crippen LogP contribution in [-0.2, 0) is 0 Å². The number of hydrogen-bond acceptors (Lipinski definition) is 1. The highest BCUT2D eigenvalue weighted by atomic mass is 16.2. The Morgan fingerprint density at radius 1 is 1.06 bits per heavy atom. The number of anilines is 1. The van der Waals surface area contributed by atoms with Crippen molar-refractivity contribution in [2.45, 2.75) is 37.8 Å². The monoisotopic (exact) mass is 216 g/mol. The molecule has 3 nitrogen and oxygen atoms in total. The lowest BCUT2D eigenvalue weighted by Gasteiger charge is -2.22. The fraction of sp³-hybridized carbons (Fsp3) is 0.462. The summed E-state index contributed by atoms with van der Waals surface area (Å²) >= 11 is 0. The molecule has 0 aliphatic carbocycles. The Kier molecular flexibility index (Phi) is 2.31. The predicted molar refractivity (Wildman–Crippen MR) is 63.3 cm³/mol. The van der Waals surface area contributed by atoms with Crippen molar-refractivity contribution in [2.75, 3.05) is 5.32 Å². The molecular formula is C13H16N2O. The summed E-state index contributed by atoms with van der Waals surface area (Å²) in [5, 5.41) is 2.97. The van der Waals surface area contributed by atoms with Gasteiger partial charge in [0.15, 0.2) is 0 Å². The Balaban J connectivity index is 1.70. The highest BCUT2D eigenvalue weighted by molar-refractivity contribution is 5.90. The average Bonchev–Trinajstić information content (AvgIpc) is 2.89. The average molecular weight is 216 g/mol. The summed E-state index contributed by atoms with van der Waals surface area (Å²) in [4.78, 5) is 14.1. The van der Waals surface area contributed by atoms with Crippen LogP contribution in [0.2, 0.25) is 0 Å². The van der Waals surface area contributed by atoms with E-state index in [2.05, 4.69) is 5.32 Å². The Morgan fingerprint density at radius 3 is 2.19 bits per heavy atom. The number of urea groups is 1. The normalized spacial score (nSPS) is 27.1. The summed E-state index contributed by atoms with van der Waals surface area (Å²) in [7, 11) is 0. The number of carbonyl (C=O) groups is 1. The zero-order valence-corrected chi connectivity index (χ0v) is 9.23. The number of amides is 2. The zero-order valence-electron chi connectivity index (χ0n) is 9.23. The minimum atomic E-state index is 0.0798. The van der Waals surface area contributed by atoms with Gasteiger partial charge in [-0.2, -0.15) is 0 Å². The Bertz CT molecular complexity index is 370. The number of nitrogens with one attached hydrogen (secondary N) is 1. The molecule has 2 aliphatic heterocycles. The van der Waals surface area contributed by atoms with Gasteiger partial charge in [-0.15, -0.1) is 0 Å². The van der Waals surface area contributed by atoms with Crippen LogP contribution >= 0.6 is 0 Å². The van der Waals surface area contributed by atoms with Crippen LogP contribution in [0.4, 0.5) is 10.5 Å². The third kappa shape index (κ3) is 1.56. The van der Waals surface area contributed by atoms with Crippen LogP contribution in [0.3, 0.4) is 0 Å². The highest BCUT2D eigenvalue weighted by Crippen LogP contribution is 2.37. The van der Waals surface area contributed by atoms with E-state index in [1.54, 1.807) is 0 Å². The van der Waals surface area contributed by atoms with E-state index in [1.165, 1.54) is 25.7 Å². The molecular weight excluding hydrogens is 200 g/mol. The molecule has 16 heavy (non-hydrogen) atoms. The van der Waals surface area contributed by atoms with Gasteiger partial charge < -0.3 is 10.2 Å². The van der Waals surface area contributed by atoms with E-state index < -0.39 is 0 Å². The molecule has 0 saturated carbocycles. The van der Waals surface area contributed by atoms with Gasteiger partial charge in [-0.3, -0.25) is 0 Å². The minimum Gasteiger partial charge on any atom is -0.319 e. The summed E-state index contributed by atoms with van der Waals surface area (Å²) < 4.78 is 0. The Morgan fingerprint density at radius 2 is 1.62 bits per heavy atom. The van der Waals surface area contributed by atoms with E-state index in [-0.39, 0.29) is 6.03 Å². The molecule has 2 amide bonds. The predicted octanol–water partition coefficient (Wildman–Crippen LogP) is 2.85. The Labute approximate surface area is 95.4 Å². The van der Waals surface area contributed by atoms with Crippen molar-refractivity contribution in [2.24, 2.45) is 0 Å². The van der Waals surface area contributed by atoms with E-state index in [4.69, 9.17) is 0 Å². The van der Waals surface area contributed by atoms with Crippen molar-refractivity contribution in [3.05, 3.63) is 30.3 Å². The van der Waals surface area contributed by atoms with Crippen LogP contribution in [0.25, 0.3) is 0 Å². The third-order valence-electron chi connectivity index (χ3n) is 3.71. The van der Waals surface area contributed by atoms with Gasteiger partial charge in [-0.05, 0) is 37.8 Å². The fourth-order valence-electron chi connectivity index (χ4n) is 2.95. The topological polar surface area (TPSA) is 32.3 Å². The minimum absolute atomic E-state index is 0.0798. The maximum Gasteiger partial charge on any atom is 0.322 e. The summed E-state index contributed by atoms with van der Waals surface area (Å²) in [5.41, 5.74) is 0.888. The molecule has 1 aromatic carbocycles. The number of rotatable bonds is 1. The van der Waals surface area contributed by atoms with Crippen molar-refractivity contribution in [1.29, 1.82) is 0 Å². The third-order valence-corrected chi connectivity index (χ3v) is 3.71. The van der Waals surface area contributed by atoms with Gasteiger partial charge >= 0.3 is 6.03 Å². The maximum absolute atomic E-state index is 12.1. The van der Waals surface area contributed by atoms with E-state index >= 15 is 0 Å². The Hall–Kier alpha value is -1.51. The quantitative estimate of drug-likeness (QED) is 0.769. The van der Waals surface area contributed by atoms with Gasteiger partial charge in [-0.1, -0.05) is 18.2 Å². The molecule has 0 radical (unpaired) electrons. The standard InChI is InChI=1S/C13H16N2O/c16-13(14-10-4-2-1-3-5-10)15-11-6-7-12(15)9-8-11/h1-5,11-12H,6-9H2,(H,14,16). The lowest BCUT2D eigenvalue weighted by Crippen LogP contribution is -2.38. The van der Waals surface area contributed by atoms with Gasteiger partial charge in [0, 0.05) is 17.8 Å². The highest BCUT2D eigenvalue weighted by Gasteiger charge is 2.42. The second-order valence-corrected chi connectivity index (χ2v) is 4.67. The second-order valence-electron chi connectivity index (χ2n) is 4.67. The molecule has 2 aliphatic rings. The van der Waals surface area contributed by atoms with Gasteiger partial charge in [0.1, 0.15) is 0 Å². The van der Waals surface area contributed by atoms with Crippen LogP contribution in [0, 0.1) is 0 Å². The first-order chi connectivity index (χ1) is 7.84. The smallest absolute Gasteiger partial charge is 0.319 e. The molecule has 84 valence electrons. The number of hydrogen-bond donors (Lipinski definition) is 1. The van der Waals surface area contributed by atoms with Crippen LogP contribution in [-0.4, -0.2) is 23.0 Å². The van der Waals surface area contributed by atoms with Gasteiger partial charge in [-0.25, -0.2) is 4.79 Å².